The van der Waals surface area contributed by atoms with Gasteiger partial charge in [0.05, 0.1) is 6.20 Å². The summed E-state index contributed by atoms with van der Waals surface area (Å²) in [7, 11) is 0. The molecule has 1 aromatic carbocycles. The van der Waals surface area contributed by atoms with E-state index in [4.69, 9.17) is 11.6 Å². The first kappa shape index (κ1) is 13.5. The molecule has 0 radical (unpaired) electrons. The van der Waals surface area contributed by atoms with Crippen LogP contribution < -0.4 is 10.6 Å². The Morgan fingerprint density at radius 3 is 2.89 bits per heavy atom. The molecule has 0 fully saturated rings. The minimum Gasteiger partial charge on any atom is -0.363 e. The van der Waals surface area contributed by atoms with Crippen molar-refractivity contribution < 1.29 is 4.39 Å². The maximum atomic E-state index is 13.6. The number of nitrogens with one attached hydrogen (secondary N) is 2. The number of nitrogens with zero attached hydrogens (tertiary/aromatic N) is 2. The van der Waals surface area contributed by atoms with Crippen LogP contribution in [0, 0.1) is 5.82 Å². The monoisotopic (exact) mass is 280 g/mol. The molecule has 1 aromatic heterocycles. The van der Waals surface area contributed by atoms with Gasteiger partial charge in [-0.3, -0.25) is 0 Å². The van der Waals surface area contributed by atoms with Gasteiger partial charge in [0.15, 0.2) is 11.6 Å². The molecular formula is C13H14ClFN4. The first-order valence-electron chi connectivity index (χ1n) is 5.93. The van der Waals surface area contributed by atoms with Crippen LogP contribution in [0.1, 0.15) is 12.5 Å². The predicted molar refractivity (Wildman–Crippen MR) is 74.9 cm³/mol. The van der Waals surface area contributed by atoms with Gasteiger partial charge < -0.3 is 10.6 Å². The standard InChI is InChI=1S/C13H14ClFN4/c1-2-16-13-18-8-11(15)12(19-13)17-7-9-4-3-5-10(14)6-9/h3-6,8H,2,7H2,1H3,(H2,16,17,18,19). The largest absolute Gasteiger partial charge is 0.363 e. The molecule has 0 bridgehead atoms. The molecule has 2 aromatic rings. The number of rotatable bonds is 5. The maximum absolute atomic E-state index is 13.6. The Morgan fingerprint density at radius 2 is 2.16 bits per heavy atom. The van der Waals surface area contributed by atoms with Gasteiger partial charge in [-0.1, -0.05) is 23.7 Å². The average Bonchev–Trinajstić information content (AvgIpc) is 2.40. The number of aromatic nitrogens is 2. The smallest absolute Gasteiger partial charge is 0.224 e. The second-order valence-corrected chi connectivity index (χ2v) is 4.34. The van der Waals surface area contributed by atoms with E-state index < -0.39 is 5.82 Å². The normalized spacial score (nSPS) is 10.3. The molecule has 0 saturated heterocycles. The molecule has 0 amide bonds. The molecular weight excluding hydrogens is 267 g/mol. The minimum absolute atomic E-state index is 0.172. The summed E-state index contributed by atoms with van der Waals surface area (Å²) in [6.45, 7) is 3.05. The molecule has 0 unspecified atom stereocenters. The second kappa shape index (κ2) is 6.33. The molecule has 0 aliphatic rings. The zero-order chi connectivity index (χ0) is 13.7. The Bertz CT molecular complexity index is 562. The minimum atomic E-state index is -0.483. The van der Waals surface area contributed by atoms with Gasteiger partial charge in [-0.2, -0.15) is 4.98 Å². The van der Waals surface area contributed by atoms with E-state index in [1.807, 2.05) is 25.1 Å². The van der Waals surface area contributed by atoms with E-state index in [0.717, 1.165) is 11.8 Å². The number of anilines is 2. The summed E-state index contributed by atoms with van der Waals surface area (Å²) in [6.07, 6.45) is 1.14. The van der Waals surface area contributed by atoms with Crippen molar-refractivity contribution in [2.75, 3.05) is 17.2 Å². The number of halogens is 2. The van der Waals surface area contributed by atoms with Gasteiger partial charge in [-0.05, 0) is 24.6 Å². The fourth-order valence-electron chi connectivity index (χ4n) is 1.57. The molecule has 100 valence electrons. The summed E-state index contributed by atoms with van der Waals surface area (Å²) in [5.41, 5.74) is 0.954. The summed E-state index contributed by atoms with van der Waals surface area (Å²) in [5, 5.41) is 6.51. The predicted octanol–water partition coefficient (Wildman–Crippen LogP) is 3.31. The highest BCUT2D eigenvalue weighted by molar-refractivity contribution is 6.30. The van der Waals surface area contributed by atoms with Crippen molar-refractivity contribution in [3.05, 3.63) is 46.9 Å². The third-order valence-electron chi connectivity index (χ3n) is 2.43. The summed E-state index contributed by atoms with van der Waals surface area (Å²) < 4.78 is 13.6. The van der Waals surface area contributed by atoms with Crippen molar-refractivity contribution in [1.29, 1.82) is 0 Å². The lowest BCUT2D eigenvalue weighted by atomic mass is 10.2. The Labute approximate surface area is 116 Å². The zero-order valence-corrected chi connectivity index (χ0v) is 11.2. The molecule has 19 heavy (non-hydrogen) atoms. The van der Waals surface area contributed by atoms with Crippen molar-refractivity contribution in [2.45, 2.75) is 13.5 Å². The topological polar surface area (TPSA) is 49.8 Å². The van der Waals surface area contributed by atoms with Gasteiger partial charge in [0, 0.05) is 18.1 Å². The van der Waals surface area contributed by atoms with Crippen molar-refractivity contribution in [1.82, 2.24) is 9.97 Å². The van der Waals surface area contributed by atoms with E-state index in [2.05, 4.69) is 20.6 Å². The van der Waals surface area contributed by atoms with Crippen molar-refractivity contribution in [2.24, 2.45) is 0 Å². The van der Waals surface area contributed by atoms with Crippen molar-refractivity contribution in [3.63, 3.8) is 0 Å². The molecule has 6 heteroatoms. The number of benzene rings is 1. The second-order valence-electron chi connectivity index (χ2n) is 3.90. The van der Waals surface area contributed by atoms with Gasteiger partial charge in [0.2, 0.25) is 5.95 Å². The summed E-state index contributed by atoms with van der Waals surface area (Å²) in [4.78, 5) is 7.90. The SMILES string of the molecule is CCNc1ncc(F)c(NCc2cccc(Cl)c2)n1. The Balaban J connectivity index is 2.08. The van der Waals surface area contributed by atoms with Crippen LogP contribution in [0.3, 0.4) is 0 Å². The summed E-state index contributed by atoms with van der Waals surface area (Å²) in [6, 6.07) is 7.36. The Morgan fingerprint density at radius 1 is 1.32 bits per heavy atom. The molecule has 4 nitrogen and oxygen atoms in total. The molecule has 0 atom stereocenters. The fourth-order valence-corrected chi connectivity index (χ4v) is 1.78. The quantitative estimate of drug-likeness (QED) is 0.882. The number of hydrogen-bond donors (Lipinski definition) is 2. The highest BCUT2D eigenvalue weighted by Gasteiger charge is 2.06. The molecule has 2 N–H and O–H groups in total. The van der Waals surface area contributed by atoms with Gasteiger partial charge in [0.25, 0.3) is 0 Å². The van der Waals surface area contributed by atoms with Gasteiger partial charge >= 0.3 is 0 Å². The van der Waals surface area contributed by atoms with Crippen LogP contribution in [0.4, 0.5) is 16.2 Å². The molecule has 1 heterocycles. The van der Waals surface area contributed by atoms with E-state index in [0.29, 0.717) is 24.1 Å². The molecule has 0 saturated carbocycles. The van der Waals surface area contributed by atoms with Gasteiger partial charge in [-0.25, -0.2) is 9.37 Å². The Kier molecular flexibility index (Phi) is 4.52. The first-order valence-corrected chi connectivity index (χ1v) is 6.31. The summed E-state index contributed by atoms with van der Waals surface area (Å²) >= 11 is 5.89. The average molecular weight is 281 g/mol. The fraction of sp³-hybridized carbons (Fsp3) is 0.231. The third kappa shape index (κ3) is 3.79. The number of hydrogen-bond acceptors (Lipinski definition) is 4. The van der Waals surface area contributed by atoms with Crippen LogP contribution in [0.15, 0.2) is 30.5 Å². The van der Waals surface area contributed by atoms with Crippen molar-refractivity contribution in [3.8, 4) is 0 Å². The van der Waals surface area contributed by atoms with Gasteiger partial charge in [0.1, 0.15) is 0 Å². The maximum Gasteiger partial charge on any atom is 0.224 e. The molecule has 0 aliphatic carbocycles. The van der Waals surface area contributed by atoms with Crippen LogP contribution in [0.5, 0.6) is 0 Å². The van der Waals surface area contributed by atoms with Crippen molar-refractivity contribution >= 4 is 23.4 Å². The van der Waals surface area contributed by atoms with E-state index in [1.54, 1.807) is 6.07 Å². The highest BCUT2D eigenvalue weighted by Crippen LogP contribution is 2.15. The van der Waals surface area contributed by atoms with Crippen LogP contribution >= 0.6 is 11.6 Å². The molecule has 0 spiro atoms. The first-order chi connectivity index (χ1) is 9.19. The van der Waals surface area contributed by atoms with Crippen LogP contribution in [0.2, 0.25) is 5.02 Å². The lowest BCUT2D eigenvalue weighted by Crippen LogP contribution is -2.08. The third-order valence-corrected chi connectivity index (χ3v) is 2.66. The van der Waals surface area contributed by atoms with E-state index in [9.17, 15) is 4.39 Å². The van der Waals surface area contributed by atoms with Crippen LogP contribution in [0.25, 0.3) is 0 Å². The zero-order valence-electron chi connectivity index (χ0n) is 10.5. The highest BCUT2D eigenvalue weighted by atomic mass is 35.5. The van der Waals surface area contributed by atoms with E-state index in [1.165, 1.54) is 0 Å². The van der Waals surface area contributed by atoms with Gasteiger partial charge in [-0.15, -0.1) is 0 Å². The van der Waals surface area contributed by atoms with Crippen LogP contribution in [-0.2, 0) is 6.54 Å². The van der Waals surface area contributed by atoms with E-state index >= 15 is 0 Å². The Hall–Kier alpha value is -1.88. The lowest BCUT2D eigenvalue weighted by molar-refractivity contribution is 0.617. The molecule has 2 rings (SSSR count). The molecule has 0 aliphatic heterocycles. The van der Waals surface area contributed by atoms with Crippen LogP contribution in [-0.4, -0.2) is 16.5 Å². The summed E-state index contributed by atoms with van der Waals surface area (Å²) in [5.74, 6) is 0.0899. The van der Waals surface area contributed by atoms with E-state index in [-0.39, 0.29) is 5.82 Å². The lowest BCUT2D eigenvalue weighted by Gasteiger charge is -2.08.